The van der Waals surface area contributed by atoms with Gasteiger partial charge in [-0.05, 0) is 46.6 Å². The standard InChI is InChI=1S/C19H28N2O4/c1-5-24-16-11-7-6-9-14(16)13-20-17(22)15-10-8-12-21(15)18(23)25-19(2,3)4/h6-7,9,11,15H,5,8,10,12-13H2,1-4H3,(H,20,22)/t15-/m0/s1. The maximum absolute atomic E-state index is 12.6. The lowest BCUT2D eigenvalue weighted by molar-refractivity contribution is -0.125. The van der Waals surface area contributed by atoms with Crippen LogP contribution in [0, 0.1) is 0 Å². The van der Waals surface area contributed by atoms with E-state index in [-0.39, 0.29) is 5.91 Å². The first-order chi connectivity index (χ1) is 11.8. The minimum atomic E-state index is -0.572. The lowest BCUT2D eigenvalue weighted by Gasteiger charge is -2.28. The monoisotopic (exact) mass is 348 g/mol. The second kappa shape index (κ2) is 8.23. The third-order valence-electron chi connectivity index (χ3n) is 3.91. The van der Waals surface area contributed by atoms with Gasteiger partial charge in [-0.1, -0.05) is 18.2 Å². The number of rotatable bonds is 5. The maximum Gasteiger partial charge on any atom is 0.410 e. The van der Waals surface area contributed by atoms with E-state index in [4.69, 9.17) is 9.47 Å². The van der Waals surface area contributed by atoms with E-state index >= 15 is 0 Å². The Morgan fingerprint density at radius 2 is 2.00 bits per heavy atom. The lowest BCUT2D eigenvalue weighted by atomic mass is 10.1. The molecule has 1 heterocycles. The number of carbonyl (C=O) groups excluding carboxylic acids is 2. The highest BCUT2D eigenvalue weighted by molar-refractivity contribution is 5.86. The third-order valence-corrected chi connectivity index (χ3v) is 3.91. The first-order valence-electron chi connectivity index (χ1n) is 8.80. The van der Waals surface area contributed by atoms with Crippen LogP contribution in [0.1, 0.15) is 46.1 Å². The van der Waals surface area contributed by atoms with Gasteiger partial charge in [0, 0.05) is 18.7 Å². The fourth-order valence-electron chi connectivity index (χ4n) is 2.82. The topological polar surface area (TPSA) is 67.9 Å². The molecule has 0 aliphatic carbocycles. The molecular formula is C19H28N2O4. The van der Waals surface area contributed by atoms with Crippen LogP contribution in [0.25, 0.3) is 0 Å². The molecule has 0 spiro atoms. The molecule has 0 bridgehead atoms. The van der Waals surface area contributed by atoms with Crippen molar-refractivity contribution < 1.29 is 19.1 Å². The average Bonchev–Trinajstić information content (AvgIpc) is 3.02. The van der Waals surface area contributed by atoms with Gasteiger partial charge in [-0.3, -0.25) is 9.69 Å². The van der Waals surface area contributed by atoms with E-state index < -0.39 is 17.7 Å². The number of carbonyl (C=O) groups is 2. The minimum Gasteiger partial charge on any atom is -0.494 e. The molecule has 6 heteroatoms. The largest absolute Gasteiger partial charge is 0.494 e. The summed E-state index contributed by atoms with van der Waals surface area (Å²) < 4.78 is 11.0. The van der Waals surface area contributed by atoms with E-state index in [1.165, 1.54) is 4.90 Å². The summed E-state index contributed by atoms with van der Waals surface area (Å²) in [5, 5.41) is 2.92. The molecule has 1 aromatic carbocycles. The van der Waals surface area contributed by atoms with Crippen molar-refractivity contribution >= 4 is 12.0 Å². The molecule has 1 aliphatic heterocycles. The quantitative estimate of drug-likeness (QED) is 0.888. The number of hydrogen-bond acceptors (Lipinski definition) is 4. The maximum atomic E-state index is 12.6. The van der Waals surface area contributed by atoms with Crippen LogP contribution in [0.3, 0.4) is 0 Å². The Balaban J connectivity index is 1.97. The van der Waals surface area contributed by atoms with Gasteiger partial charge in [-0.2, -0.15) is 0 Å². The SMILES string of the molecule is CCOc1ccccc1CNC(=O)[C@@H]1CCCN1C(=O)OC(C)(C)C. The molecule has 1 fully saturated rings. The van der Waals surface area contributed by atoms with Crippen molar-refractivity contribution in [1.82, 2.24) is 10.2 Å². The van der Waals surface area contributed by atoms with Gasteiger partial charge in [0.2, 0.25) is 5.91 Å². The Morgan fingerprint density at radius 3 is 2.68 bits per heavy atom. The van der Waals surface area contributed by atoms with Gasteiger partial charge in [0.15, 0.2) is 0 Å². The van der Waals surface area contributed by atoms with Gasteiger partial charge in [0.25, 0.3) is 0 Å². The summed E-state index contributed by atoms with van der Waals surface area (Å²) in [7, 11) is 0. The summed E-state index contributed by atoms with van der Waals surface area (Å²) in [6, 6.07) is 7.14. The number of ether oxygens (including phenoxy) is 2. The molecule has 25 heavy (non-hydrogen) atoms. The highest BCUT2D eigenvalue weighted by atomic mass is 16.6. The fourth-order valence-corrected chi connectivity index (χ4v) is 2.82. The molecule has 1 aromatic rings. The third kappa shape index (κ3) is 5.37. The van der Waals surface area contributed by atoms with Crippen LogP contribution in [0.5, 0.6) is 5.75 Å². The summed E-state index contributed by atoms with van der Waals surface area (Å²) in [6.45, 7) is 8.87. The Morgan fingerprint density at radius 1 is 1.28 bits per heavy atom. The van der Waals surface area contributed by atoms with Crippen LogP contribution < -0.4 is 10.1 Å². The normalized spacial score (nSPS) is 17.3. The Bertz CT molecular complexity index is 610. The van der Waals surface area contributed by atoms with E-state index in [9.17, 15) is 9.59 Å². The van der Waals surface area contributed by atoms with Gasteiger partial charge in [0.05, 0.1) is 6.61 Å². The number of para-hydroxylation sites is 1. The predicted octanol–water partition coefficient (Wildman–Crippen LogP) is 3.10. The first kappa shape index (κ1) is 19.1. The molecule has 2 amide bonds. The predicted molar refractivity (Wildman–Crippen MR) is 95.4 cm³/mol. The van der Waals surface area contributed by atoms with Crippen molar-refractivity contribution in [2.24, 2.45) is 0 Å². The van der Waals surface area contributed by atoms with Crippen molar-refractivity contribution in [2.45, 2.75) is 58.7 Å². The minimum absolute atomic E-state index is 0.158. The van der Waals surface area contributed by atoms with E-state index in [0.717, 1.165) is 17.7 Å². The van der Waals surface area contributed by atoms with Gasteiger partial charge in [-0.25, -0.2) is 4.79 Å². The Kier molecular flexibility index (Phi) is 6.28. The lowest BCUT2D eigenvalue weighted by Crippen LogP contribution is -2.47. The second-order valence-electron chi connectivity index (χ2n) is 7.09. The van der Waals surface area contributed by atoms with Gasteiger partial charge in [0.1, 0.15) is 17.4 Å². The number of likely N-dealkylation sites (tertiary alicyclic amines) is 1. The molecule has 0 radical (unpaired) electrons. The molecular weight excluding hydrogens is 320 g/mol. The zero-order chi connectivity index (χ0) is 18.4. The number of benzene rings is 1. The average molecular weight is 348 g/mol. The van der Waals surface area contributed by atoms with Crippen molar-refractivity contribution in [3.63, 3.8) is 0 Å². The molecule has 0 unspecified atom stereocenters. The van der Waals surface area contributed by atoms with Gasteiger partial charge in [-0.15, -0.1) is 0 Å². The number of nitrogens with zero attached hydrogens (tertiary/aromatic N) is 1. The smallest absolute Gasteiger partial charge is 0.410 e. The van der Waals surface area contributed by atoms with E-state index in [2.05, 4.69) is 5.32 Å². The first-order valence-corrected chi connectivity index (χ1v) is 8.80. The van der Waals surface area contributed by atoms with Crippen LogP contribution in [0.2, 0.25) is 0 Å². The zero-order valence-corrected chi connectivity index (χ0v) is 15.5. The van der Waals surface area contributed by atoms with E-state index in [1.54, 1.807) is 0 Å². The zero-order valence-electron chi connectivity index (χ0n) is 15.5. The van der Waals surface area contributed by atoms with Crippen molar-refractivity contribution in [2.75, 3.05) is 13.2 Å². The van der Waals surface area contributed by atoms with Crippen molar-refractivity contribution in [3.05, 3.63) is 29.8 Å². The molecule has 0 aromatic heterocycles. The summed E-state index contributed by atoms with van der Waals surface area (Å²) >= 11 is 0. The van der Waals surface area contributed by atoms with Crippen LogP contribution in [0.4, 0.5) is 4.79 Å². The number of nitrogens with one attached hydrogen (secondary N) is 1. The van der Waals surface area contributed by atoms with Crippen LogP contribution in [-0.2, 0) is 16.1 Å². The van der Waals surface area contributed by atoms with Crippen molar-refractivity contribution in [3.8, 4) is 5.75 Å². The summed E-state index contributed by atoms with van der Waals surface area (Å²) in [4.78, 5) is 26.4. The van der Waals surface area contributed by atoms with Crippen LogP contribution in [0.15, 0.2) is 24.3 Å². The molecule has 1 aliphatic rings. The molecule has 2 rings (SSSR count). The van der Waals surface area contributed by atoms with Crippen LogP contribution in [-0.4, -0.2) is 41.7 Å². The number of amides is 2. The molecule has 6 nitrogen and oxygen atoms in total. The summed E-state index contributed by atoms with van der Waals surface area (Å²) in [5.74, 6) is 0.607. The Labute approximate surface area is 149 Å². The second-order valence-corrected chi connectivity index (χ2v) is 7.09. The highest BCUT2D eigenvalue weighted by Crippen LogP contribution is 2.22. The van der Waals surface area contributed by atoms with Crippen LogP contribution >= 0.6 is 0 Å². The van der Waals surface area contributed by atoms with E-state index in [0.29, 0.717) is 26.1 Å². The molecule has 138 valence electrons. The van der Waals surface area contributed by atoms with Crippen molar-refractivity contribution in [1.29, 1.82) is 0 Å². The summed E-state index contributed by atoms with van der Waals surface area (Å²) in [5.41, 5.74) is 0.344. The van der Waals surface area contributed by atoms with Gasteiger partial charge < -0.3 is 14.8 Å². The molecule has 1 saturated heterocycles. The summed E-state index contributed by atoms with van der Waals surface area (Å²) in [6.07, 6.45) is 1.02. The molecule has 1 atom stereocenters. The van der Waals surface area contributed by atoms with E-state index in [1.807, 2.05) is 52.0 Å². The van der Waals surface area contributed by atoms with Gasteiger partial charge >= 0.3 is 6.09 Å². The fraction of sp³-hybridized carbons (Fsp3) is 0.579. The Hall–Kier alpha value is -2.24. The highest BCUT2D eigenvalue weighted by Gasteiger charge is 2.36. The number of hydrogen-bond donors (Lipinski definition) is 1. The molecule has 0 saturated carbocycles. The molecule has 1 N–H and O–H groups in total.